The summed E-state index contributed by atoms with van der Waals surface area (Å²) in [6.07, 6.45) is 0. The van der Waals surface area contributed by atoms with E-state index in [2.05, 4.69) is 10.2 Å². The molecule has 0 aliphatic carbocycles. The number of anilines is 2. The molecule has 1 aliphatic rings. The van der Waals surface area contributed by atoms with Crippen LogP contribution in [0.25, 0.3) is 27.8 Å². The van der Waals surface area contributed by atoms with Crippen LogP contribution >= 0.6 is 0 Å². The SMILES string of the molecule is Cn1c(=O)n(C)c2c(N3CCOCC3)cc(-n3c(C(C)(C)C)nc4cc(C(=O)Nc5ccccc5)c(F)cc43)cc21. The summed E-state index contributed by atoms with van der Waals surface area (Å²) in [5, 5.41) is 2.76. The van der Waals surface area contributed by atoms with Crippen molar-refractivity contribution in [1.82, 2.24) is 18.7 Å². The molecule has 0 radical (unpaired) electrons. The number of carbonyl (C=O) groups is 1. The van der Waals surface area contributed by atoms with Crippen LogP contribution in [0.15, 0.2) is 59.4 Å². The number of morpholine rings is 1. The molecule has 0 spiro atoms. The van der Waals surface area contributed by atoms with Crippen LogP contribution in [0.3, 0.4) is 0 Å². The molecule has 212 valence electrons. The number of hydrogen-bond donors (Lipinski definition) is 1. The van der Waals surface area contributed by atoms with Gasteiger partial charge in [0.25, 0.3) is 5.91 Å². The first-order chi connectivity index (χ1) is 19.5. The highest BCUT2D eigenvalue weighted by Crippen LogP contribution is 2.36. The van der Waals surface area contributed by atoms with Crippen molar-refractivity contribution in [3.8, 4) is 5.69 Å². The van der Waals surface area contributed by atoms with Crippen LogP contribution in [0.5, 0.6) is 0 Å². The Kier molecular flexibility index (Phi) is 6.45. The summed E-state index contributed by atoms with van der Waals surface area (Å²) in [5.74, 6) is -0.479. The third kappa shape index (κ3) is 4.58. The number of benzene rings is 3. The number of aromatic nitrogens is 4. The van der Waals surface area contributed by atoms with Gasteiger partial charge >= 0.3 is 5.69 Å². The zero-order valence-corrected chi connectivity index (χ0v) is 23.9. The van der Waals surface area contributed by atoms with Gasteiger partial charge in [-0.15, -0.1) is 0 Å². The second-order valence-electron chi connectivity index (χ2n) is 11.5. The second kappa shape index (κ2) is 9.88. The van der Waals surface area contributed by atoms with Crippen molar-refractivity contribution < 1.29 is 13.9 Å². The molecule has 0 atom stereocenters. The van der Waals surface area contributed by atoms with Crippen LogP contribution < -0.4 is 15.9 Å². The van der Waals surface area contributed by atoms with Crippen molar-refractivity contribution >= 4 is 39.3 Å². The van der Waals surface area contributed by atoms with Gasteiger partial charge in [-0.25, -0.2) is 14.2 Å². The Morgan fingerprint density at radius 1 is 0.976 bits per heavy atom. The van der Waals surface area contributed by atoms with Gasteiger partial charge in [-0.05, 0) is 30.3 Å². The fraction of sp³-hybridized carbons (Fsp3) is 0.323. The third-order valence-corrected chi connectivity index (χ3v) is 7.63. The lowest BCUT2D eigenvalue weighted by atomic mass is 9.95. The van der Waals surface area contributed by atoms with Gasteiger partial charge < -0.3 is 15.0 Å². The number of nitrogens with zero attached hydrogens (tertiary/aromatic N) is 5. The van der Waals surface area contributed by atoms with Gasteiger partial charge in [-0.2, -0.15) is 0 Å². The maximum absolute atomic E-state index is 15.6. The molecule has 41 heavy (non-hydrogen) atoms. The quantitative estimate of drug-likeness (QED) is 0.346. The largest absolute Gasteiger partial charge is 0.378 e. The molecule has 1 fully saturated rings. The monoisotopic (exact) mass is 556 g/mol. The minimum Gasteiger partial charge on any atom is -0.378 e. The fourth-order valence-electron chi connectivity index (χ4n) is 5.54. The van der Waals surface area contributed by atoms with Gasteiger partial charge in [0.1, 0.15) is 11.6 Å². The lowest BCUT2D eigenvalue weighted by Gasteiger charge is -2.30. The number of hydrogen-bond acceptors (Lipinski definition) is 5. The molecule has 1 N–H and O–H groups in total. The summed E-state index contributed by atoms with van der Waals surface area (Å²) in [7, 11) is 3.53. The van der Waals surface area contributed by atoms with Crippen LogP contribution in [0.2, 0.25) is 0 Å². The third-order valence-electron chi connectivity index (χ3n) is 7.63. The molecule has 10 heteroatoms. The van der Waals surface area contributed by atoms with E-state index in [1.807, 2.05) is 43.5 Å². The highest BCUT2D eigenvalue weighted by molar-refractivity contribution is 6.06. The number of para-hydroxylation sites is 1. The Bertz CT molecular complexity index is 1860. The van der Waals surface area contributed by atoms with Gasteiger partial charge in [0, 0.05) is 44.4 Å². The highest BCUT2D eigenvalue weighted by atomic mass is 19.1. The van der Waals surface area contributed by atoms with Crippen molar-refractivity contribution in [1.29, 1.82) is 0 Å². The first-order valence-corrected chi connectivity index (χ1v) is 13.7. The summed E-state index contributed by atoms with van der Waals surface area (Å²) in [4.78, 5) is 33.2. The molecule has 3 heterocycles. The number of halogens is 1. The minimum atomic E-state index is -0.644. The number of carbonyl (C=O) groups excluding carboxylic acids is 1. The predicted molar refractivity (Wildman–Crippen MR) is 159 cm³/mol. The van der Waals surface area contributed by atoms with Crippen molar-refractivity contribution in [3.63, 3.8) is 0 Å². The average Bonchev–Trinajstić information content (AvgIpc) is 3.44. The standard InChI is InChI=1S/C31H33FN6O3/c1-31(2,3)29-34-23-17-21(28(39)33-19-9-7-6-8-10-19)22(32)18-24(23)38(29)20-15-25-27(36(5)30(40)35(25)4)26(16-20)37-11-13-41-14-12-37/h6-10,15-18H,11-14H2,1-5H3,(H,33,39). The Labute approximate surface area is 236 Å². The lowest BCUT2D eigenvalue weighted by molar-refractivity contribution is 0.102. The first-order valence-electron chi connectivity index (χ1n) is 13.7. The summed E-state index contributed by atoms with van der Waals surface area (Å²) in [6, 6.07) is 15.8. The fourth-order valence-corrected chi connectivity index (χ4v) is 5.54. The molecule has 5 aromatic rings. The Morgan fingerprint density at radius 2 is 1.68 bits per heavy atom. The number of nitrogens with one attached hydrogen (secondary N) is 1. The molecule has 0 unspecified atom stereocenters. The highest BCUT2D eigenvalue weighted by Gasteiger charge is 2.28. The van der Waals surface area contributed by atoms with E-state index in [-0.39, 0.29) is 11.3 Å². The first kappa shape index (κ1) is 26.8. The Balaban J connectivity index is 1.57. The molecule has 0 bridgehead atoms. The van der Waals surface area contributed by atoms with Crippen molar-refractivity contribution in [2.45, 2.75) is 26.2 Å². The van der Waals surface area contributed by atoms with E-state index >= 15 is 4.39 Å². The predicted octanol–water partition coefficient (Wildman–Crippen LogP) is 4.74. The van der Waals surface area contributed by atoms with Gasteiger partial charge in [0.2, 0.25) is 0 Å². The second-order valence-corrected chi connectivity index (χ2v) is 11.5. The summed E-state index contributed by atoms with van der Waals surface area (Å²) in [5.41, 5.74) is 4.25. The van der Waals surface area contributed by atoms with E-state index in [0.29, 0.717) is 48.8 Å². The van der Waals surface area contributed by atoms with Crippen LogP contribution in [0, 0.1) is 5.82 Å². The smallest absolute Gasteiger partial charge is 0.328 e. The van der Waals surface area contributed by atoms with Gasteiger partial charge in [-0.1, -0.05) is 39.0 Å². The number of amides is 1. The van der Waals surface area contributed by atoms with E-state index < -0.39 is 17.1 Å². The molecule has 1 saturated heterocycles. The molecule has 1 aliphatic heterocycles. The molecular weight excluding hydrogens is 523 g/mol. The van der Waals surface area contributed by atoms with E-state index in [9.17, 15) is 9.59 Å². The molecule has 9 nitrogen and oxygen atoms in total. The van der Waals surface area contributed by atoms with Crippen LogP contribution in [0.4, 0.5) is 15.8 Å². The average molecular weight is 557 g/mol. The number of ether oxygens (including phenoxy) is 1. The zero-order valence-electron chi connectivity index (χ0n) is 23.9. The van der Waals surface area contributed by atoms with E-state index in [1.165, 1.54) is 12.1 Å². The maximum atomic E-state index is 15.6. The maximum Gasteiger partial charge on any atom is 0.328 e. The van der Waals surface area contributed by atoms with Crippen LogP contribution in [0.1, 0.15) is 37.0 Å². The van der Waals surface area contributed by atoms with Gasteiger partial charge in [-0.3, -0.25) is 18.5 Å². The van der Waals surface area contributed by atoms with Crippen molar-refractivity contribution in [2.24, 2.45) is 14.1 Å². The molecule has 6 rings (SSSR count). The number of aryl methyl sites for hydroxylation is 2. The number of rotatable bonds is 4. The van der Waals surface area contributed by atoms with Gasteiger partial charge in [0.05, 0.1) is 52.2 Å². The summed E-state index contributed by atoms with van der Waals surface area (Å²) in [6.45, 7) is 8.69. The van der Waals surface area contributed by atoms with E-state index in [0.717, 1.165) is 22.4 Å². The normalized spacial score (nSPS) is 14.2. The topological polar surface area (TPSA) is 86.3 Å². The molecule has 2 aromatic heterocycles. The van der Waals surface area contributed by atoms with Crippen molar-refractivity contribution in [3.05, 3.63) is 82.3 Å². The lowest BCUT2D eigenvalue weighted by Crippen LogP contribution is -2.36. The summed E-state index contributed by atoms with van der Waals surface area (Å²) < 4.78 is 26.5. The van der Waals surface area contributed by atoms with Crippen molar-refractivity contribution in [2.75, 3.05) is 36.5 Å². The van der Waals surface area contributed by atoms with Crippen LogP contribution in [-0.2, 0) is 24.2 Å². The van der Waals surface area contributed by atoms with E-state index in [1.54, 1.807) is 47.5 Å². The molecule has 0 saturated carbocycles. The Hall–Kier alpha value is -4.44. The van der Waals surface area contributed by atoms with E-state index in [4.69, 9.17) is 9.72 Å². The molecular formula is C31H33FN6O3. The van der Waals surface area contributed by atoms with Crippen LogP contribution in [-0.4, -0.2) is 50.9 Å². The summed E-state index contributed by atoms with van der Waals surface area (Å²) >= 11 is 0. The minimum absolute atomic E-state index is 0.0821. The number of fused-ring (bicyclic) bond motifs is 2. The molecule has 1 amide bonds. The number of imidazole rings is 2. The Morgan fingerprint density at radius 3 is 2.37 bits per heavy atom. The molecule has 3 aromatic carbocycles. The zero-order chi connectivity index (χ0) is 29.1. The van der Waals surface area contributed by atoms with Gasteiger partial charge in [0.15, 0.2) is 0 Å².